The maximum Gasteiger partial charge on any atom is 0.0467 e. The number of hydrogen-bond acceptors (Lipinski definition) is 1. The van der Waals surface area contributed by atoms with Crippen molar-refractivity contribution < 1.29 is 0 Å². The highest BCUT2D eigenvalue weighted by Gasteiger charge is 2.21. The minimum absolute atomic E-state index is 0.505. The molecule has 1 radical (unpaired) electrons. The van der Waals surface area contributed by atoms with Crippen LogP contribution in [0, 0.1) is 18.3 Å². The maximum absolute atomic E-state index is 4.78. The van der Waals surface area contributed by atoms with Crippen LogP contribution in [0.1, 0.15) is 46.0 Å². The second-order valence-corrected chi connectivity index (χ2v) is 5.27. The fourth-order valence-electron chi connectivity index (χ4n) is 2.42. The summed E-state index contributed by atoms with van der Waals surface area (Å²) in [6.45, 7) is 8.60. The van der Waals surface area contributed by atoms with Crippen LogP contribution in [0.15, 0.2) is 28.9 Å². The Hall–Kier alpha value is -0.850. The summed E-state index contributed by atoms with van der Waals surface area (Å²) < 4.78 is 0. The van der Waals surface area contributed by atoms with E-state index in [1.54, 1.807) is 0 Å². The van der Waals surface area contributed by atoms with Crippen LogP contribution in [0.4, 0.5) is 0 Å². The van der Waals surface area contributed by atoms with Crippen molar-refractivity contribution in [3.8, 4) is 0 Å². The van der Waals surface area contributed by atoms with Gasteiger partial charge in [-0.15, -0.1) is 0 Å². The second kappa shape index (κ2) is 4.99. The summed E-state index contributed by atoms with van der Waals surface area (Å²) in [7, 11) is 0. The van der Waals surface area contributed by atoms with Gasteiger partial charge in [0.2, 0.25) is 0 Å². The molecule has 0 atom stereocenters. The summed E-state index contributed by atoms with van der Waals surface area (Å²) in [4.78, 5) is 4.78. The molecular weight excluding hydrogens is 194 g/mol. The molecule has 0 N–H and O–H groups in total. The van der Waals surface area contributed by atoms with E-state index in [4.69, 9.17) is 4.99 Å². The van der Waals surface area contributed by atoms with Crippen LogP contribution in [0.3, 0.4) is 0 Å². The van der Waals surface area contributed by atoms with Crippen LogP contribution in [0.25, 0.3) is 0 Å². The third-order valence-electron chi connectivity index (χ3n) is 3.52. The maximum atomic E-state index is 4.78. The highest BCUT2D eigenvalue weighted by molar-refractivity contribution is 6.08. The number of hydrogen-bond donors (Lipinski definition) is 0. The predicted octanol–water partition coefficient (Wildman–Crippen LogP) is 4.32. The molecule has 2 aliphatic rings. The van der Waals surface area contributed by atoms with Gasteiger partial charge in [0, 0.05) is 23.7 Å². The Bertz CT molecular complexity index is 327. The zero-order valence-electron chi connectivity index (χ0n) is 10.5. The molecule has 2 rings (SSSR count). The highest BCUT2D eigenvalue weighted by atomic mass is 14.8. The molecule has 0 aromatic carbocycles. The van der Waals surface area contributed by atoms with E-state index in [1.807, 2.05) is 0 Å². The Morgan fingerprint density at radius 3 is 2.44 bits per heavy atom. The number of nitrogens with zero attached hydrogens (tertiary/aromatic N) is 1. The van der Waals surface area contributed by atoms with E-state index in [-0.39, 0.29) is 0 Å². The van der Waals surface area contributed by atoms with Crippen molar-refractivity contribution in [2.45, 2.75) is 46.0 Å². The minimum Gasteiger partial charge on any atom is -0.258 e. The molecule has 0 aliphatic heterocycles. The molecule has 0 unspecified atom stereocenters. The van der Waals surface area contributed by atoms with Gasteiger partial charge in [-0.3, -0.25) is 4.99 Å². The Morgan fingerprint density at radius 2 is 1.94 bits per heavy atom. The lowest BCUT2D eigenvalue weighted by molar-refractivity contribution is 0.401. The Balaban J connectivity index is 2.02. The van der Waals surface area contributed by atoms with Crippen LogP contribution >= 0.6 is 0 Å². The lowest BCUT2D eigenvalue weighted by atomic mass is 9.87. The molecule has 0 aromatic heterocycles. The monoisotopic (exact) mass is 216 g/mol. The average Bonchev–Trinajstić information content (AvgIpc) is 3.10. The summed E-state index contributed by atoms with van der Waals surface area (Å²) in [6.07, 6.45) is 11.0. The zero-order chi connectivity index (χ0) is 11.5. The van der Waals surface area contributed by atoms with Gasteiger partial charge >= 0.3 is 0 Å². The quantitative estimate of drug-likeness (QED) is 0.620. The standard InChI is InChI=1S/C15H22N/c1-11(2)15(14-9-10-14)16-12(3)13-7-5-4-6-8-13/h9-11,13H,3-8H2,1-2H3. The first-order chi connectivity index (χ1) is 7.68. The van der Waals surface area contributed by atoms with Crippen molar-refractivity contribution in [3.63, 3.8) is 0 Å². The van der Waals surface area contributed by atoms with Crippen molar-refractivity contribution in [1.82, 2.24) is 0 Å². The van der Waals surface area contributed by atoms with Crippen molar-refractivity contribution in [2.24, 2.45) is 16.8 Å². The first-order valence-electron chi connectivity index (χ1n) is 6.51. The van der Waals surface area contributed by atoms with E-state index in [0.717, 1.165) is 5.70 Å². The fraction of sp³-hybridized carbons (Fsp3) is 0.600. The summed E-state index contributed by atoms with van der Waals surface area (Å²) >= 11 is 0. The van der Waals surface area contributed by atoms with Gasteiger partial charge in [-0.2, -0.15) is 0 Å². The van der Waals surface area contributed by atoms with Crippen LogP contribution < -0.4 is 0 Å². The first-order valence-corrected chi connectivity index (χ1v) is 6.51. The van der Waals surface area contributed by atoms with Crippen LogP contribution in [0.2, 0.25) is 0 Å². The smallest absolute Gasteiger partial charge is 0.0467 e. The van der Waals surface area contributed by atoms with Crippen molar-refractivity contribution in [2.75, 3.05) is 0 Å². The lowest BCUT2D eigenvalue weighted by Crippen LogP contribution is -2.11. The van der Waals surface area contributed by atoms with Crippen molar-refractivity contribution in [3.05, 3.63) is 30.3 Å². The van der Waals surface area contributed by atoms with Crippen LogP contribution in [-0.4, -0.2) is 5.71 Å². The van der Waals surface area contributed by atoms with Gasteiger partial charge in [-0.25, -0.2) is 0 Å². The van der Waals surface area contributed by atoms with E-state index >= 15 is 0 Å². The minimum atomic E-state index is 0.505. The van der Waals surface area contributed by atoms with Crippen molar-refractivity contribution in [1.29, 1.82) is 0 Å². The molecule has 0 heterocycles. The second-order valence-electron chi connectivity index (χ2n) is 5.27. The molecule has 87 valence electrons. The first kappa shape index (κ1) is 11.6. The van der Waals surface area contributed by atoms with E-state index in [9.17, 15) is 0 Å². The van der Waals surface area contributed by atoms with E-state index in [0.29, 0.717) is 11.8 Å². The molecule has 1 saturated carbocycles. The summed E-state index contributed by atoms with van der Waals surface area (Å²) in [5, 5.41) is 0. The normalized spacial score (nSPS) is 22.2. The lowest BCUT2D eigenvalue weighted by Gasteiger charge is -2.22. The van der Waals surface area contributed by atoms with Gasteiger partial charge < -0.3 is 0 Å². The molecule has 1 heteroatoms. The fourth-order valence-corrected chi connectivity index (χ4v) is 2.42. The van der Waals surface area contributed by atoms with Gasteiger partial charge in [0.25, 0.3) is 0 Å². The van der Waals surface area contributed by atoms with Gasteiger partial charge in [0.05, 0.1) is 0 Å². The van der Waals surface area contributed by atoms with E-state index in [1.165, 1.54) is 43.4 Å². The Morgan fingerprint density at radius 1 is 1.31 bits per heavy atom. The number of rotatable bonds is 4. The zero-order valence-corrected chi connectivity index (χ0v) is 10.5. The molecule has 0 bridgehead atoms. The largest absolute Gasteiger partial charge is 0.258 e. The molecular formula is C15H22N. The molecule has 1 fully saturated rings. The molecule has 0 amide bonds. The molecule has 1 nitrogen and oxygen atoms in total. The van der Waals surface area contributed by atoms with E-state index in [2.05, 4.69) is 32.9 Å². The third kappa shape index (κ3) is 2.84. The average molecular weight is 216 g/mol. The van der Waals surface area contributed by atoms with Gasteiger partial charge in [0.1, 0.15) is 0 Å². The molecule has 16 heavy (non-hydrogen) atoms. The topological polar surface area (TPSA) is 12.4 Å². The number of allylic oxidation sites excluding steroid dienone is 3. The Labute approximate surface area is 99.4 Å². The number of aliphatic imine (C=N–C) groups is 1. The third-order valence-corrected chi connectivity index (χ3v) is 3.52. The van der Waals surface area contributed by atoms with Gasteiger partial charge in [0.15, 0.2) is 0 Å². The van der Waals surface area contributed by atoms with Crippen LogP contribution in [-0.2, 0) is 0 Å². The molecule has 2 aliphatic carbocycles. The van der Waals surface area contributed by atoms with E-state index < -0.39 is 0 Å². The summed E-state index contributed by atoms with van der Waals surface area (Å²) in [6, 6.07) is 0. The summed E-state index contributed by atoms with van der Waals surface area (Å²) in [5.74, 6) is 1.15. The SMILES string of the molecule is C=C(N=C(C1=C[CH]1)C(C)C)C1CCCCC1. The molecule has 0 saturated heterocycles. The van der Waals surface area contributed by atoms with Gasteiger partial charge in [-0.1, -0.05) is 45.8 Å². The highest BCUT2D eigenvalue weighted by Crippen LogP contribution is 2.31. The molecule has 0 spiro atoms. The summed E-state index contributed by atoms with van der Waals surface area (Å²) in [5.41, 5.74) is 3.67. The van der Waals surface area contributed by atoms with Gasteiger partial charge in [-0.05, 0) is 24.3 Å². The molecule has 0 aromatic rings. The van der Waals surface area contributed by atoms with Crippen LogP contribution in [0.5, 0.6) is 0 Å². The predicted molar refractivity (Wildman–Crippen MR) is 70.4 cm³/mol. The Kier molecular flexibility index (Phi) is 3.63. The van der Waals surface area contributed by atoms with Crippen molar-refractivity contribution >= 4 is 5.71 Å².